The Bertz CT molecular complexity index is 780. The second-order valence-corrected chi connectivity index (χ2v) is 5.59. The van der Waals surface area contributed by atoms with E-state index in [1.54, 1.807) is 24.3 Å². The third-order valence-corrected chi connectivity index (χ3v) is 3.73. The Morgan fingerprint density at radius 1 is 1.05 bits per heavy atom. The summed E-state index contributed by atoms with van der Waals surface area (Å²) in [7, 11) is 0. The third kappa shape index (κ3) is 3.38. The first-order valence-corrected chi connectivity index (χ1v) is 7.38. The number of carbonyl (C=O) groups excluding carboxylic acids is 1. The van der Waals surface area contributed by atoms with Crippen molar-refractivity contribution < 1.29 is 9.53 Å². The zero-order chi connectivity index (χ0) is 15.5. The molecule has 0 radical (unpaired) electrons. The van der Waals surface area contributed by atoms with Gasteiger partial charge in [0.2, 0.25) is 5.90 Å². The number of aliphatic imine (C=N–C) groups is 1. The van der Waals surface area contributed by atoms with Crippen LogP contribution < -0.4 is 0 Å². The summed E-state index contributed by atoms with van der Waals surface area (Å²) in [6, 6.07) is 14.6. The molecule has 0 amide bonds. The average molecular weight is 332 g/mol. The van der Waals surface area contributed by atoms with E-state index in [1.165, 1.54) is 0 Å². The molecule has 0 aromatic heterocycles. The molecule has 0 bridgehead atoms. The van der Waals surface area contributed by atoms with E-state index in [0.717, 1.165) is 11.1 Å². The standard InChI is InChI=1S/C17H11Cl2NO2/c18-13-7-5-11(6-8-13)9-16-20-15(17(21)22-16)10-12-3-1-2-4-14(12)19/h1-8,10H,9H2/b15-10-. The van der Waals surface area contributed by atoms with Crippen LogP contribution in [-0.4, -0.2) is 11.9 Å². The fourth-order valence-electron chi connectivity index (χ4n) is 2.05. The van der Waals surface area contributed by atoms with Crippen LogP contribution in [0.4, 0.5) is 0 Å². The van der Waals surface area contributed by atoms with Crippen molar-refractivity contribution in [1.82, 2.24) is 0 Å². The van der Waals surface area contributed by atoms with Gasteiger partial charge in [0, 0.05) is 16.5 Å². The Morgan fingerprint density at radius 3 is 2.50 bits per heavy atom. The zero-order valence-electron chi connectivity index (χ0n) is 11.4. The number of benzene rings is 2. The van der Waals surface area contributed by atoms with Crippen molar-refractivity contribution in [3.63, 3.8) is 0 Å². The maximum atomic E-state index is 11.9. The van der Waals surface area contributed by atoms with E-state index in [9.17, 15) is 4.79 Å². The van der Waals surface area contributed by atoms with Crippen LogP contribution in [0.2, 0.25) is 10.0 Å². The first kappa shape index (κ1) is 14.8. The highest BCUT2D eigenvalue weighted by Crippen LogP contribution is 2.22. The third-order valence-electron chi connectivity index (χ3n) is 3.13. The molecule has 0 atom stereocenters. The monoisotopic (exact) mass is 331 g/mol. The average Bonchev–Trinajstić information content (AvgIpc) is 2.84. The zero-order valence-corrected chi connectivity index (χ0v) is 12.9. The van der Waals surface area contributed by atoms with E-state index < -0.39 is 5.97 Å². The fourth-order valence-corrected chi connectivity index (χ4v) is 2.36. The summed E-state index contributed by atoms with van der Waals surface area (Å²) >= 11 is 11.9. The Balaban J connectivity index is 1.82. The lowest BCUT2D eigenvalue weighted by molar-refractivity contribution is -0.130. The minimum absolute atomic E-state index is 0.247. The molecule has 1 aliphatic rings. The van der Waals surface area contributed by atoms with E-state index in [2.05, 4.69) is 4.99 Å². The van der Waals surface area contributed by atoms with Gasteiger partial charge in [0.15, 0.2) is 5.70 Å². The Hall–Kier alpha value is -2.10. The number of cyclic esters (lactones) is 1. The SMILES string of the molecule is O=C1OC(Cc2ccc(Cl)cc2)=N/C1=C\c1ccccc1Cl. The predicted molar refractivity (Wildman–Crippen MR) is 88.1 cm³/mol. The van der Waals surface area contributed by atoms with Crippen LogP contribution in [0.1, 0.15) is 11.1 Å². The Kier molecular flexibility index (Phi) is 4.27. The van der Waals surface area contributed by atoms with Gasteiger partial charge in [0.05, 0.1) is 0 Å². The normalized spacial score (nSPS) is 15.8. The van der Waals surface area contributed by atoms with Gasteiger partial charge in [-0.2, -0.15) is 0 Å². The van der Waals surface area contributed by atoms with Crippen LogP contribution in [0.15, 0.2) is 59.2 Å². The van der Waals surface area contributed by atoms with Crippen molar-refractivity contribution >= 4 is 41.1 Å². The molecule has 110 valence electrons. The number of hydrogen-bond donors (Lipinski definition) is 0. The maximum Gasteiger partial charge on any atom is 0.363 e. The first-order chi connectivity index (χ1) is 10.6. The number of nitrogens with zero attached hydrogens (tertiary/aromatic N) is 1. The van der Waals surface area contributed by atoms with E-state index in [1.807, 2.05) is 30.3 Å². The molecule has 0 fully saturated rings. The fraction of sp³-hybridized carbons (Fsp3) is 0.0588. The van der Waals surface area contributed by atoms with Gasteiger partial charge in [-0.15, -0.1) is 0 Å². The largest absolute Gasteiger partial charge is 0.406 e. The van der Waals surface area contributed by atoms with Crippen LogP contribution in [0.5, 0.6) is 0 Å². The first-order valence-electron chi connectivity index (χ1n) is 6.62. The van der Waals surface area contributed by atoms with Crippen molar-refractivity contribution in [3.05, 3.63) is 75.4 Å². The summed E-state index contributed by atoms with van der Waals surface area (Å²) < 4.78 is 5.19. The number of halogens is 2. The van der Waals surface area contributed by atoms with Crippen molar-refractivity contribution in [2.24, 2.45) is 4.99 Å². The molecular formula is C17H11Cl2NO2. The molecule has 5 heteroatoms. The lowest BCUT2D eigenvalue weighted by Gasteiger charge is -2.00. The van der Waals surface area contributed by atoms with E-state index in [0.29, 0.717) is 22.4 Å². The highest BCUT2D eigenvalue weighted by Gasteiger charge is 2.23. The smallest absolute Gasteiger partial charge is 0.363 e. The Labute approximate surface area is 137 Å². The van der Waals surface area contributed by atoms with Crippen molar-refractivity contribution in [3.8, 4) is 0 Å². The summed E-state index contributed by atoms with van der Waals surface area (Å²) in [6.07, 6.45) is 2.06. The van der Waals surface area contributed by atoms with Gasteiger partial charge < -0.3 is 4.74 Å². The van der Waals surface area contributed by atoms with Gasteiger partial charge in [-0.1, -0.05) is 53.5 Å². The van der Waals surface area contributed by atoms with Crippen molar-refractivity contribution in [1.29, 1.82) is 0 Å². The van der Waals surface area contributed by atoms with Gasteiger partial charge in [-0.3, -0.25) is 0 Å². The second-order valence-electron chi connectivity index (χ2n) is 4.75. The van der Waals surface area contributed by atoms with Crippen LogP contribution in [-0.2, 0) is 16.0 Å². The van der Waals surface area contributed by atoms with Gasteiger partial charge in [-0.05, 0) is 35.4 Å². The van der Waals surface area contributed by atoms with Crippen molar-refractivity contribution in [2.75, 3.05) is 0 Å². The molecule has 1 heterocycles. The lowest BCUT2D eigenvalue weighted by atomic mass is 10.1. The molecule has 2 aromatic carbocycles. The molecule has 22 heavy (non-hydrogen) atoms. The quantitative estimate of drug-likeness (QED) is 0.612. The summed E-state index contributed by atoms with van der Waals surface area (Å²) in [5.74, 6) is -0.102. The summed E-state index contributed by atoms with van der Waals surface area (Å²) in [6.45, 7) is 0. The molecule has 0 N–H and O–H groups in total. The molecule has 0 saturated carbocycles. The molecular weight excluding hydrogens is 321 g/mol. The topological polar surface area (TPSA) is 38.7 Å². The Morgan fingerprint density at radius 2 is 1.77 bits per heavy atom. The number of hydrogen-bond acceptors (Lipinski definition) is 3. The molecule has 0 spiro atoms. The predicted octanol–water partition coefficient (Wildman–Crippen LogP) is 4.53. The second kappa shape index (κ2) is 6.34. The van der Waals surface area contributed by atoms with Crippen LogP contribution in [0, 0.1) is 0 Å². The molecule has 3 nitrogen and oxygen atoms in total. The number of ether oxygens (including phenoxy) is 1. The van der Waals surface area contributed by atoms with Crippen LogP contribution in [0.25, 0.3) is 6.08 Å². The van der Waals surface area contributed by atoms with Gasteiger partial charge in [0.25, 0.3) is 0 Å². The van der Waals surface area contributed by atoms with Crippen molar-refractivity contribution in [2.45, 2.75) is 6.42 Å². The van der Waals surface area contributed by atoms with Gasteiger partial charge in [-0.25, -0.2) is 9.79 Å². The summed E-state index contributed by atoms with van der Waals surface area (Å²) in [5, 5.41) is 1.22. The summed E-state index contributed by atoms with van der Waals surface area (Å²) in [5.41, 5.74) is 1.94. The summed E-state index contributed by atoms with van der Waals surface area (Å²) in [4.78, 5) is 16.1. The molecule has 3 rings (SSSR count). The number of rotatable bonds is 3. The lowest BCUT2D eigenvalue weighted by Crippen LogP contribution is -2.06. The molecule has 2 aromatic rings. The highest BCUT2D eigenvalue weighted by atomic mass is 35.5. The minimum atomic E-state index is -0.469. The maximum absolute atomic E-state index is 11.9. The number of carbonyl (C=O) groups is 1. The van der Waals surface area contributed by atoms with E-state index >= 15 is 0 Å². The number of esters is 1. The van der Waals surface area contributed by atoms with E-state index in [-0.39, 0.29) is 5.70 Å². The molecule has 0 aliphatic carbocycles. The van der Waals surface area contributed by atoms with Crippen LogP contribution in [0.3, 0.4) is 0 Å². The van der Waals surface area contributed by atoms with Gasteiger partial charge in [0.1, 0.15) is 0 Å². The van der Waals surface area contributed by atoms with Crippen LogP contribution >= 0.6 is 23.2 Å². The minimum Gasteiger partial charge on any atom is -0.406 e. The van der Waals surface area contributed by atoms with E-state index in [4.69, 9.17) is 27.9 Å². The molecule has 0 unspecified atom stereocenters. The van der Waals surface area contributed by atoms with Gasteiger partial charge >= 0.3 is 5.97 Å². The molecule has 0 saturated heterocycles. The highest BCUT2D eigenvalue weighted by molar-refractivity contribution is 6.32. The molecule has 1 aliphatic heterocycles.